The van der Waals surface area contributed by atoms with Crippen molar-refractivity contribution in [1.29, 1.82) is 0 Å². The summed E-state index contributed by atoms with van der Waals surface area (Å²) in [5.74, 6) is 1.33. The molecule has 0 aliphatic rings. The fraction of sp³-hybridized carbons (Fsp3) is 0.400. The highest BCUT2D eigenvalue weighted by atomic mass is 16.6. The highest BCUT2D eigenvalue weighted by Crippen LogP contribution is 2.22. The second kappa shape index (κ2) is 5.86. The molecule has 5 nitrogen and oxygen atoms in total. The van der Waals surface area contributed by atoms with Crippen molar-refractivity contribution in [3.63, 3.8) is 0 Å². The zero-order valence-corrected chi connectivity index (χ0v) is 12.0. The standard InChI is InChI=1S/C15H19N3O2/c1-4-13(10(2)3)16-15-8-5-11-9-12(18(19)20)6-7-14(11)17-15/h5-10,13H,4H2,1-3H3,(H,16,17). The third-order valence-electron chi connectivity index (χ3n) is 3.46. The highest BCUT2D eigenvalue weighted by molar-refractivity contribution is 5.82. The van der Waals surface area contributed by atoms with Crippen molar-refractivity contribution in [2.75, 3.05) is 5.32 Å². The molecule has 1 unspecified atom stereocenters. The van der Waals surface area contributed by atoms with Gasteiger partial charge in [0.05, 0.1) is 10.4 Å². The molecule has 0 spiro atoms. The number of pyridine rings is 1. The van der Waals surface area contributed by atoms with Crippen molar-refractivity contribution in [2.45, 2.75) is 33.2 Å². The second-order valence-corrected chi connectivity index (χ2v) is 5.23. The number of benzene rings is 1. The Bertz CT molecular complexity index is 626. The van der Waals surface area contributed by atoms with E-state index in [0.29, 0.717) is 12.0 Å². The molecular formula is C15H19N3O2. The zero-order valence-electron chi connectivity index (χ0n) is 12.0. The minimum atomic E-state index is -0.391. The number of hydrogen-bond donors (Lipinski definition) is 1. The van der Waals surface area contributed by atoms with Gasteiger partial charge in [-0.2, -0.15) is 0 Å². The summed E-state index contributed by atoms with van der Waals surface area (Å²) in [4.78, 5) is 14.9. The number of aromatic nitrogens is 1. The first kappa shape index (κ1) is 14.2. The molecule has 0 saturated heterocycles. The zero-order chi connectivity index (χ0) is 14.7. The monoisotopic (exact) mass is 273 g/mol. The van der Waals surface area contributed by atoms with Crippen LogP contribution in [0.5, 0.6) is 0 Å². The van der Waals surface area contributed by atoms with Crippen molar-refractivity contribution >= 4 is 22.4 Å². The summed E-state index contributed by atoms with van der Waals surface area (Å²) in [6.07, 6.45) is 1.03. The lowest BCUT2D eigenvalue weighted by Crippen LogP contribution is -2.25. The van der Waals surface area contributed by atoms with Crippen LogP contribution in [0.15, 0.2) is 30.3 Å². The van der Waals surface area contributed by atoms with E-state index in [1.54, 1.807) is 12.1 Å². The van der Waals surface area contributed by atoms with E-state index in [-0.39, 0.29) is 5.69 Å². The molecule has 106 valence electrons. The molecule has 1 aromatic heterocycles. The highest BCUT2D eigenvalue weighted by Gasteiger charge is 2.12. The molecule has 2 rings (SSSR count). The van der Waals surface area contributed by atoms with Crippen LogP contribution in [-0.2, 0) is 0 Å². The summed E-state index contributed by atoms with van der Waals surface area (Å²) in [6, 6.07) is 8.83. The van der Waals surface area contributed by atoms with Gasteiger partial charge in [-0.05, 0) is 30.5 Å². The fourth-order valence-corrected chi connectivity index (χ4v) is 2.24. The van der Waals surface area contributed by atoms with Gasteiger partial charge in [-0.25, -0.2) is 4.98 Å². The number of nitrogens with zero attached hydrogens (tertiary/aromatic N) is 2. The van der Waals surface area contributed by atoms with Gasteiger partial charge < -0.3 is 5.32 Å². The first-order valence-electron chi connectivity index (χ1n) is 6.83. The van der Waals surface area contributed by atoms with Crippen molar-refractivity contribution in [3.8, 4) is 0 Å². The maximum Gasteiger partial charge on any atom is 0.270 e. The van der Waals surface area contributed by atoms with Gasteiger partial charge in [0, 0.05) is 23.6 Å². The van der Waals surface area contributed by atoms with Crippen LogP contribution in [0.4, 0.5) is 11.5 Å². The van der Waals surface area contributed by atoms with Gasteiger partial charge >= 0.3 is 0 Å². The molecule has 1 atom stereocenters. The fourth-order valence-electron chi connectivity index (χ4n) is 2.24. The molecule has 0 saturated carbocycles. The first-order chi connectivity index (χ1) is 9.51. The molecule has 0 aliphatic heterocycles. The van der Waals surface area contributed by atoms with E-state index in [1.165, 1.54) is 6.07 Å². The molecular weight excluding hydrogens is 254 g/mol. The van der Waals surface area contributed by atoms with Gasteiger partial charge in [-0.15, -0.1) is 0 Å². The molecule has 0 amide bonds. The van der Waals surface area contributed by atoms with Gasteiger partial charge in [-0.3, -0.25) is 10.1 Å². The topological polar surface area (TPSA) is 68.1 Å². The SMILES string of the molecule is CCC(Nc1ccc2cc([N+](=O)[O-])ccc2n1)C(C)C. The number of fused-ring (bicyclic) bond motifs is 1. The number of nitro benzene ring substituents is 1. The van der Waals surface area contributed by atoms with E-state index in [1.807, 2.05) is 12.1 Å². The van der Waals surface area contributed by atoms with Gasteiger partial charge in [-0.1, -0.05) is 20.8 Å². The molecule has 1 N–H and O–H groups in total. The van der Waals surface area contributed by atoms with E-state index in [4.69, 9.17) is 0 Å². The van der Waals surface area contributed by atoms with E-state index in [2.05, 4.69) is 31.1 Å². The Hall–Kier alpha value is -2.17. The number of non-ortho nitro benzene ring substituents is 1. The Kier molecular flexibility index (Phi) is 4.17. The Morgan fingerprint density at radius 1 is 1.30 bits per heavy atom. The molecule has 5 heteroatoms. The van der Waals surface area contributed by atoms with Gasteiger partial charge in [0.2, 0.25) is 0 Å². The molecule has 0 bridgehead atoms. The molecule has 0 radical (unpaired) electrons. The third kappa shape index (κ3) is 3.04. The minimum Gasteiger partial charge on any atom is -0.367 e. The van der Waals surface area contributed by atoms with Crippen molar-refractivity contribution < 1.29 is 4.92 Å². The van der Waals surface area contributed by atoms with Crippen molar-refractivity contribution in [2.24, 2.45) is 5.92 Å². The van der Waals surface area contributed by atoms with E-state index in [0.717, 1.165) is 23.1 Å². The summed E-state index contributed by atoms with van der Waals surface area (Å²) >= 11 is 0. The summed E-state index contributed by atoms with van der Waals surface area (Å²) < 4.78 is 0. The van der Waals surface area contributed by atoms with Crippen LogP contribution in [0, 0.1) is 16.0 Å². The van der Waals surface area contributed by atoms with Crippen LogP contribution in [-0.4, -0.2) is 15.9 Å². The molecule has 0 aliphatic carbocycles. The Morgan fingerprint density at radius 2 is 2.05 bits per heavy atom. The first-order valence-corrected chi connectivity index (χ1v) is 6.83. The molecule has 1 aromatic carbocycles. The van der Waals surface area contributed by atoms with E-state index in [9.17, 15) is 10.1 Å². The Balaban J connectivity index is 2.30. The minimum absolute atomic E-state index is 0.0913. The number of hydrogen-bond acceptors (Lipinski definition) is 4. The lowest BCUT2D eigenvalue weighted by atomic mass is 10.0. The number of nitrogens with one attached hydrogen (secondary N) is 1. The predicted octanol–water partition coefficient (Wildman–Crippen LogP) is 3.99. The lowest BCUT2D eigenvalue weighted by molar-refractivity contribution is -0.384. The van der Waals surface area contributed by atoms with Crippen LogP contribution in [0.1, 0.15) is 27.2 Å². The van der Waals surface area contributed by atoms with Crippen LogP contribution in [0.25, 0.3) is 10.9 Å². The predicted molar refractivity (Wildman–Crippen MR) is 80.9 cm³/mol. The molecule has 0 fully saturated rings. The average molecular weight is 273 g/mol. The third-order valence-corrected chi connectivity index (χ3v) is 3.46. The maximum absolute atomic E-state index is 10.7. The smallest absolute Gasteiger partial charge is 0.270 e. The van der Waals surface area contributed by atoms with Crippen molar-refractivity contribution in [3.05, 3.63) is 40.4 Å². The summed E-state index contributed by atoms with van der Waals surface area (Å²) in [6.45, 7) is 6.49. The van der Waals surface area contributed by atoms with Gasteiger partial charge in [0.25, 0.3) is 5.69 Å². The summed E-state index contributed by atoms with van der Waals surface area (Å²) in [5.41, 5.74) is 0.854. The maximum atomic E-state index is 10.7. The van der Waals surface area contributed by atoms with E-state index < -0.39 is 4.92 Å². The van der Waals surface area contributed by atoms with Crippen LogP contribution in [0.3, 0.4) is 0 Å². The van der Waals surface area contributed by atoms with Crippen LogP contribution < -0.4 is 5.32 Å². The average Bonchev–Trinajstić information content (AvgIpc) is 2.43. The second-order valence-electron chi connectivity index (χ2n) is 5.23. The Morgan fingerprint density at radius 3 is 2.65 bits per heavy atom. The molecule has 2 aromatic rings. The largest absolute Gasteiger partial charge is 0.367 e. The molecule has 20 heavy (non-hydrogen) atoms. The number of anilines is 1. The Labute approximate surface area is 118 Å². The van der Waals surface area contributed by atoms with Crippen LogP contribution >= 0.6 is 0 Å². The summed E-state index contributed by atoms with van der Waals surface area (Å²) in [7, 11) is 0. The van der Waals surface area contributed by atoms with Gasteiger partial charge in [0.15, 0.2) is 0 Å². The quantitative estimate of drug-likeness (QED) is 0.660. The van der Waals surface area contributed by atoms with Crippen LogP contribution in [0.2, 0.25) is 0 Å². The van der Waals surface area contributed by atoms with Crippen molar-refractivity contribution in [1.82, 2.24) is 4.98 Å². The number of nitro groups is 1. The normalized spacial score (nSPS) is 12.6. The molecule has 1 heterocycles. The lowest BCUT2D eigenvalue weighted by Gasteiger charge is -2.21. The number of rotatable bonds is 5. The van der Waals surface area contributed by atoms with E-state index >= 15 is 0 Å². The summed E-state index contributed by atoms with van der Waals surface area (Å²) in [5, 5.41) is 14.9. The van der Waals surface area contributed by atoms with Gasteiger partial charge in [0.1, 0.15) is 5.82 Å².